The SMILES string of the molecule is Cn1c(=O)n(C)c2cc(NC(=O)c3nc(Cl)ccc3Cl)ccc21. The Morgan fingerprint density at radius 2 is 1.78 bits per heavy atom. The number of aryl methyl sites for hydroxylation is 2. The smallest absolute Gasteiger partial charge is 0.321 e. The molecule has 0 radical (unpaired) electrons. The van der Waals surface area contributed by atoms with Crippen molar-refractivity contribution in [2.75, 3.05) is 5.32 Å². The number of hydrogen-bond acceptors (Lipinski definition) is 3. The van der Waals surface area contributed by atoms with Gasteiger partial charge in [0.15, 0.2) is 0 Å². The number of anilines is 1. The molecule has 0 saturated carbocycles. The van der Waals surface area contributed by atoms with Gasteiger partial charge in [0.05, 0.1) is 16.1 Å². The predicted molar refractivity (Wildman–Crippen MR) is 90.4 cm³/mol. The summed E-state index contributed by atoms with van der Waals surface area (Å²) in [5, 5.41) is 3.09. The molecule has 3 aromatic rings. The van der Waals surface area contributed by atoms with Gasteiger partial charge in [-0.05, 0) is 30.3 Å². The fourth-order valence-corrected chi connectivity index (χ4v) is 2.69. The molecule has 1 N–H and O–H groups in total. The van der Waals surface area contributed by atoms with Gasteiger partial charge in [-0.25, -0.2) is 9.78 Å². The Balaban J connectivity index is 1.98. The third-order valence-corrected chi connectivity index (χ3v) is 4.07. The van der Waals surface area contributed by atoms with Crippen LogP contribution >= 0.6 is 23.2 Å². The van der Waals surface area contributed by atoms with Gasteiger partial charge < -0.3 is 5.32 Å². The Morgan fingerprint density at radius 3 is 2.52 bits per heavy atom. The van der Waals surface area contributed by atoms with E-state index in [1.807, 2.05) is 0 Å². The van der Waals surface area contributed by atoms with Gasteiger partial charge in [0.2, 0.25) is 0 Å². The zero-order valence-electron chi connectivity index (χ0n) is 12.3. The quantitative estimate of drug-likeness (QED) is 0.722. The molecule has 1 amide bonds. The van der Waals surface area contributed by atoms with Crippen LogP contribution in [-0.2, 0) is 14.1 Å². The van der Waals surface area contributed by atoms with Crippen molar-refractivity contribution in [3.63, 3.8) is 0 Å². The first kappa shape index (κ1) is 15.6. The van der Waals surface area contributed by atoms with Gasteiger partial charge in [-0.2, -0.15) is 0 Å². The molecule has 6 nitrogen and oxygen atoms in total. The summed E-state index contributed by atoms with van der Waals surface area (Å²) in [6.07, 6.45) is 0. The van der Waals surface area contributed by atoms with Gasteiger partial charge in [0.1, 0.15) is 10.8 Å². The fourth-order valence-electron chi connectivity index (χ4n) is 2.35. The number of aromatic nitrogens is 3. The lowest BCUT2D eigenvalue weighted by Crippen LogP contribution is -2.19. The third-order valence-electron chi connectivity index (χ3n) is 3.56. The molecule has 0 aliphatic carbocycles. The van der Waals surface area contributed by atoms with Crippen LogP contribution in [0.1, 0.15) is 10.5 Å². The molecular formula is C15H12Cl2N4O2. The predicted octanol–water partition coefficient (Wildman–Crippen LogP) is 2.83. The van der Waals surface area contributed by atoms with Crippen LogP contribution in [0.5, 0.6) is 0 Å². The summed E-state index contributed by atoms with van der Waals surface area (Å²) in [7, 11) is 3.37. The molecule has 2 heterocycles. The fraction of sp³-hybridized carbons (Fsp3) is 0.133. The number of halogens is 2. The van der Waals surface area contributed by atoms with E-state index in [9.17, 15) is 9.59 Å². The molecular weight excluding hydrogens is 339 g/mol. The number of hydrogen-bond donors (Lipinski definition) is 1. The average molecular weight is 351 g/mol. The third kappa shape index (κ3) is 2.71. The summed E-state index contributed by atoms with van der Waals surface area (Å²) in [6, 6.07) is 8.20. The molecule has 0 atom stereocenters. The van der Waals surface area contributed by atoms with Crippen molar-refractivity contribution >= 4 is 45.8 Å². The zero-order valence-corrected chi connectivity index (χ0v) is 13.8. The molecule has 0 aliphatic heterocycles. The van der Waals surface area contributed by atoms with Crippen LogP contribution in [-0.4, -0.2) is 20.0 Å². The van der Waals surface area contributed by atoms with E-state index in [1.165, 1.54) is 21.3 Å². The Morgan fingerprint density at radius 1 is 1.09 bits per heavy atom. The summed E-state index contributed by atoms with van der Waals surface area (Å²) in [4.78, 5) is 28.1. The highest BCUT2D eigenvalue weighted by Gasteiger charge is 2.14. The zero-order chi connectivity index (χ0) is 16.7. The minimum absolute atomic E-state index is 0.0428. The van der Waals surface area contributed by atoms with E-state index in [0.717, 1.165) is 5.52 Å². The number of carbonyl (C=O) groups is 1. The van der Waals surface area contributed by atoms with Crippen LogP contribution in [0.4, 0.5) is 5.69 Å². The molecule has 0 aliphatic rings. The van der Waals surface area contributed by atoms with Crippen LogP contribution in [0, 0.1) is 0 Å². The molecule has 2 aromatic heterocycles. The number of amides is 1. The largest absolute Gasteiger partial charge is 0.328 e. The minimum atomic E-state index is -0.474. The van der Waals surface area contributed by atoms with Crippen molar-refractivity contribution in [3.05, 3.63) is 56.7 Å². The molecule has 3 rings (SSSR count). The summed E-state index contributed by atoms with van der Waals surface area (Å²) in [5.41, 5.74) is 1.92. The second-order valence-electron chi connectivity index (χ2n) is 5.02. The topological polar surface area (TPSA) is 68.9 Å². The van der Waals surface area contributed by atoms with Crippen molar-refractivity contribution in [1.29, 1.82) is 0 Å². The second kappa shape index (κ2) is 5.72. The lowest BCUT2D eigenvalue weighted by atomic mass is 10.2. The first-order valence-electron chi connectivity index (χ1n) is 6.67. The van der Waals surface area contributed by atoms with Gasteiger partial charge in [-0.3, -0.25) is 13.9 Å². The number of carbonyl (C=O) groups excluding carboxylic acids is 1. The first-order chi connectivity index (χ1) is 10.9. The molecule has 1 aromatic carbocycles. The van der Waals surface area contributed by atoms with E-state index in [0.29, 0.717) is 11.2 Å². The number of imidazole rings is 1. The highest BCUT2D eigenvalue weighted by Crippen LogP contribution is 2.21. The number of nitrogens with one attached hydrogen (secondary N) is 1. The van der Waals surface area contributed by atoms with Crippen LogP contribution in [0.15, 0.2) is 35.1 Å². The number of benzene rings is 1. The van der Waals surface area contributed by atoms with Crippen molar-refractivity contribution in [2.24, 2.45) is 14.1 Å². The maximum Gasteiger partial charge on any atom is 0.328 e. The van der Waals surface area contributed by atoms with E-state index < -0.39 is 5.91 Å². The second-order valence-corrected chi connectivity index (χ2v) is 5.82. The van der Waals surface area contributed by atoms with Gasteiger partial charge in [-0.1, -0.05) is 23.2 Å². The summed E-state index contributed by atoms with van der Waals surface area (Å²) in [5.74, 6) is -0.474. The highest BCUT2D eigenvalue weighted by molar-refractivity contribution is 6.35. The maximum absolute atomic E-state index is 12.3. The van der Waals surface area contributed by atoms with Crippen molar-refractivity contribution in [3.8, 4) is 0 Å². The lowest BCUT2D eigenvalue weighted by molar-refractivity contribution is 0.102. The Hall–Kier alpha value is -2.31. The average Bonchev–Trinajstić information content (AvgIpc) is 2.74. The molecule has 0 unspecified atom stereocenters. The van der Waals surface area contributed by atoms with E-state index in [1.54, 1.807) is 32.3 Å². The number of pyridine rings is 1. The minimum Gasteiger partial charge on any atom is -0.321 e. The van der Waals surface area contributed by atoms with Crippen molar-refractivity contribution in [2.45, 2.75) is 0 Å². The van der Waals surface area contributed by atoms with E-state index in [2.05, 4.69) is 10.3 Å². The monoisotopic (exact) mass is 350 g/mol. The standard InChI is InChI=1S/C15H12Cl2N4O2/c1-20-10-5-3-8(7-11(10)21(2)15(20)23)18-14(22)13-9(16)4-6-12(17)19-13/h3-7H,1-2H3,(H,18,22). The van der Waals surface area contributed by atoms with Crippen LogP contribution in [0.3, 0.4) is 0 Å². The number of fused-ring (bicyclic) bond motifs is 1. The van der Waals surface area contributed by atoms with Gasteiger partial charge in [0.25, 0.3) is 5.91 Å². The van der Waals surface area contributed by atoms with Crippen LogP contribution < -0.4 is 11.0 Å². The molecule has 0 saturated heterocycles. The number of nitrogens with zero attached hydrogens (tertiary/aromatic N) is 3. The Bertz CT molecular complexity index is 991. The number of rotatable bonds is 2. The highest BCUT2D eigenvalue weighted by atomic mass is 35.5. The maximum atomic E-state index is 12.3. The summed E-state index contributed by atoms with van der Waals surface area (Å²) >= 11 is 11.8. The van der Waals surface area contributed by atoms with Gasteiger partial charge in [-0.15, -0.1) is 0 Å². The molecule has 8 heteroatoms. The molecule has 0 spiro atoms. The van der Waals surface area contributed by atoms with Crippen LogP contribution in [0.25, 0.3) is 11.0 Å². The van der Waals surface area contributed by atoms with Crippen molar-refractivity contribution < 1.29 is 4.79 Å². The first-order valence-corrected chi connectivity index (χ1v) is 7.43. The van der Waals surface area contributed by atoms with Gasteiger partial charge >= 0.3 is 5.69 Å². The van der Waals surface area contributed by atoms with Gasteiger partial charge in [0, 0.05) is 19.8 Å². The Labute approximate surface area is 141 Å². The Kier molecular flexibility index (Phi) is 3.87. The summed E-state index contributed by atoms with van der Waals surface area (Å²) in [6.45, 7) is 0. The van der Waals surface area contributed by atoms with Crippen molar-refractivity contribution in [1.82, 2.24) is 14.1 Å². The van der Waals surface area contributed by atoms with E-state index >= 15 is 0 Å². The van der Waals surface area contributed by atoms with E-state index in [-0.39, 0.29) is 21.6 Å². The molecule has 23 heavy (non-hydrogen) atoms. The lowest BCUT2D eigenvalue weighted by Gasteiger charge is -2.07. The van der Waals surface area contributed by atoms with Crippen LogP contribution in [0.2, 0.25) is 10.2 Å². The molecule has 118 valence electrons. The summed E-state index contributed by atoms with van der Waals surface area (Å²) < 4.78 is 3.05. The molecule has 0 fully saturated rings. The normalized spacial score (nSPS) is 11.0. The molecule has 0 bridgehead atoms. The van der Waals surface area contributed by atoms with E-state index in [4.69, 9.17) is 23.2 Å².